The third-order valence-corrected chi connectivity index (χ3v) is 12.7. The maximum Gasteiger partial charge on any atom is 0.302 e. The van der Waals surface area contributed by atoms with Crippen LogP contribution in [-0.2, 0) is 33.3 Å². The highest BCUT2D eigenvalue weighted by atomic mass is 16.9. The molecule has 0 radical (unpaired) electrons. The van der Waals surface area contributed by atoms with Gasteiger partial charge in [0.05, 0.1) is 17.8 Å². The van der Waals surface area contributed by atoms with Gasteiger partial charge in [-0.15, -0.1) is 0 Å². The lowest BCUT2D eigenvalue weighted by Gasteiger charge is -2.60. The SMILES string of the molecule is CC(=O)O[C@@H]1CC2=CC(=O)C=C[C@]2(C)[C@H]2CC[C@@]3(C)[C@@H](C[C@@H]4O[C@@]43[C@H](C)[C@H]3C[C@]4(C)OC(C)(O3)OC4(C)C)[C@H]12. The van der Waals surface area contributed by atoms with E-state index in [4.69, 9.17) is 23.7 Å². The van der Waals surface area contributed by atoms with Crippen molar-refractivity contribution in [2.75, 3.05) is 0 Å². The van der Waals surface area contributed by atoms with Crippen LogP contribution in [0.1, 0.15) is 87.5 Å². The van der Waals surface area contributed by atoms with E-state index in [1.165, 1.54) is 6.92 Å². The van der Waals surface area contributed by atoms with Gasteiger partial charge in [-0.3, -0.25) is 9.59 Å². The van der Waals surface area contributed by atoms with Crippen LogP contribution in [0.4, 0.5) is 0 Å². The minimum Gasteiger partial charge on any atom is -0.462 e. The maximum absolute atomic E-state index is 12.3. The molecule has 3 aliphatic heterocycles. The molecule has 39 heavy (non-hydrogen) atoms. The van der Waals surface area contributed by atoms with Crippen LogP contribution >= 0.6 is 0 Å². The molecule has 12 atom stereocenters. The maximum atomic E-state index is 12.3. The number of allylic oxidation sites excluding steroid dienone is 3. The second-order valence-corrected chi connectivity index (χ2v) is 14.9. The Morgan fingerprint density at radius 2 is 1.82 bits per heavy atom. The number of esters is 1. The Labute approximate surface area is 232 Å². The first kappa shape index (κ1) is 26.4. The van der Waals surface area contributed by atoms with Crippen molar-refractivity contribution >= 4 is 11.8 Å². The first-order valence-electron chi connectivity index (χ1n) is 14.9. The molecule has 2 bridgehead atoms. The van der Waals surface area contributed by atoms with Gasteiger partial charge in [0, 0.05) is 49.4 Å². The second-order valence-electron chi connectivity index (χ2n) is 14.9. The molecule has 0 aromatic carbocycles. The zero-order valence-electron chi connectivity index (χ0n) is 24.7. The Balaban J connectivity index is 1.23. The summed E-state index contributed by atoms with van der Waals surface area (Å²) < 4.78 is 32.0. The molecule has 6 fully saturated rings. The van der Waals surface area contributed by atoms with Gasteiger partial charge in [-0.2, -0.15) is 0 Å². The molecule has 4 aliphatic carbocycles. The van der Waals surface area contributed by atoms with Gasteiger partial charge in [0.2, 0.25) is 0 Å². The van der Waals surface area contributed by atoms with Gasteiger partial charge < -0.3 is 23.7 Å². The van der Waals surface area contributed by atoms with Gasteiger partial charge >= 0.3 is 5.97 Å². The molecule has 3 heterocycles. The standard InChI is InChI=1S/C32H44O7/c1-17(24-16-30(7)27(3,4)38-31(8,36-24)39-30)32-25(37-32)15-22-26-21(10-12-29(22,32)6)28(5)11-9-20(34)13-19(28)14-23(26)35-18(2)33/h9,11,13,17,21-26H,10,12,14-16H2,1-8H3/t17-,21+,22+,23-,24-,25+,26-,28+,29+,30+,31?,32+/m1/s1. The van der Waals surface area contributed by atoms with Gasteiger partial charge in [0.1, 0.15) is 17.3 Å². The molecule has 3 saturated carbocycles. The molecule has 7 rings (SSSR count). The van der Waals surface area contributed by atoms with Gasteiger partial charge in [0.15, 0.2) is 5.78 Å². The summed E-state index contributed by atoms with van der Waals surface area (Å²) in [6.45, 7) is 16.7. The van der Waals surface area contributed by atoms with Crippen LogP contribution in [-0.4, -0.2) is 52.8 Å². The van der Waals surface area contributed by atoms with Gasteiger partial charge in [-0.1, -0.05) is 32.4 Å². The van der Waals surface area contributed by atoms with Crippen molar-refractivity contribution in [3.05, 3.63) is 23.8 Å². The van der Waals surface area contributed by atoms with Crippen LogP contribution in [0.3, 0.4) is 0 Å². The number of epoxide rings is 1. The molecule has 0 aromatic rings. The molecule has 7 nitrogen and oxygen atoms in total. The Bertz CT molecular complexity index is 1200. The largest absolute Gasteiger partial charge is 0.462 e. The normalized spacial score (nSPS) is 55.1. The summed E-state index contributed by atoms with van der Waals surface area (Å²) >= 11 is 0. The summed E-state index contributed by atoms with van der Waals surface area (Å²) in [6, 6.07) is 0. The Morgan fingerprint density at radius 3 is 2.51 bits per heavy atom. The van der Waals surface area contributed by atoms with Crippen LogP contribution in [0, 0.1) is 34.5 Å². The van der Waals surface area contributed by atoms with Crippen molar-refractivity contribution < 1.29 is 33.3 Å². The summed E-state index contributed by atoms with van der Waals surface area (Å²) in [5.41, 5.74) is -0.310. The topological polar surface area (TPSA) is 83.6 Å². The number of ether oxygens (including phenoxy) is 5. The summed E-state index contributed by atoms with van der Waals surface area (Å²) in [4.78, 5) is 24.6. The average molecular weight is 541 g/mol. The van der Waals surface area contributed by atoms with Crippen molar-refractivity contribution in [1.82, 2.24) is 0 Å². The third-order valence-electron chi connectivity index (χ3n) is 12.7. The highest BCUT2D eigenvalue weighted by Gasteiger charge is 2.81. The van der Waals surface area contributed by atoms with E-state index in [0.29, 0.717) is 18.3 Å². The smallest absolute Gasteiger partial charge is 0.302 e. The fourth-order valence-corrected chi connectivity index (χ4v) is 10.5. The van der Waals surface area contributed by atoms with E-state index in [9.17, 15) is 9.59 Å². The number of carbonyl (C=O) groups excluding carboxylic acids is 2. The minimum atomic E-state index is -1.06. The molecule has 0 amide bonds. The fourth-order valence-electron chi connectivity index (χ4n) is 10.5. The van der Waals surface area contributed by atoms with Crippen molar-refractivity contribution in [3.8, 4) is 0 Å². The van der Waals surface area contributed by atoms with Crippen LogP contribution < -0.4 is 0 Å². The number of hydrogen-bond donors (Lipinski definition) is 0. The number of rotatable bonds is 3. The van der Waals surface area contributed by atoms with Gasteiger partial charge in [-0.25, -0.2) is 0 Å². The van der Waals surface area contributed by atoms with E-state index in [0.717, 1.165) is 31.3 Å². The summed E-state index contributed by atoms with van der Waals surface area (Å²) in [7, 11) is 0. The molecule has 7 aliphatic rings. The average Bonchev–Trinajstić information content (AvgIpc) is 3.46. The lowest BCUT2D eigenvalue weighted by Crippen LogP contribution is -2.60. The van der Waals surface area contributed by atoms with Gasteiger partial charge in [-0.05, 0) is 64.0 Å². The Morgan fingerprint density at radius 1 is 1.08 bits per heavy atom. The first-order valence-corrected chi connectivity index (χ1v) is 14.9. The number of ketones is 1. The summed E-state index contributed by atoms with van der Waals surface area (Å²) in [5.74, 6) is -0.214. The quantitative estimate of drug-likeness (QED) is 0.356. The van der Waals surface area contributed by atoms with Crippen LogP contribution in [0.25, 0.3) is 0 Å². The van der Waals surface area contributed by atoms with E-state index in [2.05, 4.69) is 47.6 Å². The number of fused-ring (bicyclic) bond motifs is 9. The van der Waals surface area contributed by atoms with Crippen LogP contribution in [0.15, 0.2) is 23.8 Å². The number of carbonyl (C=O) groups is 2. The van der Waals surface area contributed by atoms with Crippen molar-refractivity contribution in [3.63, 3.8) is 0 Å². The zero-order chi connectivity index (χ0) is 28.0. The monoisotopic (exact) mass is 540 g/mol. The summed E-state index contributed by atoms with van der Waals surface area (Å²) in [6.07, 6.45) is 9.96. The molecular weight excluding hydrogens is 496 g/mol. The highest BCUT2D eigenvalue weighted by Crippen LogP contribution is 2.76. The third kappa shape index (κ3) is 3.25. The summed E-state index contributed by atoms with van der Waals surface area (Å²) in [5, 5.41) is 0. The van der Waals surface area contributed by atoms with E-state index >= 15 is 0 Å². The highest BCUT2D eigenvalue weighted by molar-refractivity contribution is 6.01. The zero-order valence-corrected chi connectivity index (χ0v) is 24.7. The molecule has 0 N–H and O–H groups in total. The molecule has 0 aromatic heterocycles. The van der Waals surface area contributed by atoms with E-state index in [-0.39, 0.29) is 58.3 Å². The minimum absolute atomic E-state index is 0.0337. The molecule has 0 spiro atoms. The van der Waals surface area contributed by atoms with Crippen molar-refractivity contribution in [2.24, 2.45) is 34.5 Å². The number of hydrogen-bond acceptors (Lipinski definition) is 7. The molecule has 1 unspecified atom stereocenters. The first-order chi connectivity index (χ1) is 18.1. The van der Waals surface area contributed by atoms with E-state index < -0.39 is 17.2 Å². The molecule has 3 saturated heterocycles. The van der Waals surface area contributed by atoms with E-state index in [1.54, 1.807) is 12.2 Å². The lowest BCUT2D eigenvalue weighted by molar-refractivity contribution is -0.386. The predicted molar refractivity (Wildman–Crippen MR) is 142 cm³/mol. The molecule has 7 heteroatoms. The Kier molecular flexibility index (Phi) is 5.17. The van der Waals surface area contributed by atoms with Gasteiger partial charge in [0.25, 0.3) is 5.97 Å². The van der Waals surface area contributed by atoms with Crippen LogP contribution in [0.2, 0.25) is 0 Å². The molecular formula is C32H44O7. The lowest BCUT2D eigenvalue weighted by atomic mass is 9.46. The predicted octanol–water partition coefficient (Wildman–Crippen LogP) is 5.27. The van der Waals surface area contributed by atoms with E-state index in [1.807, 2.05) is 6.92 Å². The Hall–Kier alpha value is -1.54. The second kappa shape index (κ2) is 7.64. The van der Waals surface area contributed by atoms with Crippen LogP contribution in [0.5, 0.6) is 0 Å². The van der Waals surface area contributed by atoms with Crippen molar-refractivity contribution in [1.29, 1.82) is 0 Å². The molecule has 214 valence electrons. The van der Waals surface area contributed by atoms with Crippen molar-refractivity contribution in [2.45, 2.75) is 129 Å². The fraction of sp³-hybridized carbons (Fsp3) is 0.812.